The molecule has 0 fully saturated rings. The Balaban J connectivity index is 2.03. The van der Waals surface area contributed by atoms with Gasteiger partial charge in [0, 0.05) is 17.2 Å². The van der Waals surface area contributed by atoms with Crippen molar-refractivity contribution in [3.05, 3.63) is 50.3 Å². The van der Waals surface area contributed by atoms with E-state index in [9.17, 15) is 4.79 Å². The van der Waals surface area contributed by atoms with Gasteiger partial charge < -0.3 is 4.42 Å². The molecule has 23 heavy (non-hydrogen) atoms. The minimum Gasteiger partial charge on any atom is -0.423 e. The number of rotatable bonds is 4. The van der Waals surface area contributed by atoms with E-state index in [0.29, 0.717) is 17.3 Å². The van der Waals surface area contributed by atoms with E-state index in [1.54, 1.807) is 29.2 Å². The molecule has 0 radical (unpaired) electrons. The van der Waals surface area contributed by atoms with Crippen LogP contribution in [0.15, 0.2) is 31.8 Å². The van der Waals surface area contributed by atoms with Crippen molar-refractivity contribution >= 4 is 34.1 Å². The van der Waals surface area contributed by atoms with E-state index in [1.165, 1.54) is 5.56 Å². The van der Waals surface area contributed by atoms with E-state index in [4.69, 9.17) is 4.42 Å². The summed E-state index contributed by atoms with van der Waals surface area (Å²) in [4.78, 5) is 11.8. The molecule has 0 saturated heterocycles. The standard InChI is InChI=1S/C17H18N2O2S2/c1-9(2)13-7-14-12(8-22-17-19-18-11(4)23-17)6-16(20)21-15(14)5-10(13)3/h5-7,9H,8H2,1-4H3. The molecule has 3 aromatic rings. The Hall–Kier alpha value is -1.66. The Morgan fingerprint density at radius 1 is 1.22 bits per heavy atom. The van der Waals surface area contributed by atoms with Crippen LogP contribution in [-0.4, -0.2) is 10.2 Å². The SMILES string of the molecule is Cc1nnc(SCc2cc(=O)oc3cc(C)c(C(C)C)cc23)s1. The summed E-state index contributed by atoms with van der Waals surface area (Å²) in [7, 11) is 0. The van der Waals surface area contributed by atoms with Crippen molar-refractivity contribution in [2.45, 2.75) is 43.7 Å². The van der Waals surface area contributed by atoms with Crippen LogP contribution >= 0.6 is 23.1 Å². The number of fused-ring (bicyclic) bond motifs is 1. The number of aryl methyl sites for hydroxylation is 2. The van der Waals surface area contributed by atoms with Gasteiger partial charge in [0.2, 0.25) is 0 Å². The molecular weight excluding hydrogens is 328 g/mol. The van der Waals surface area contributed by atoms with Crippen molar-refractivity contribution < 1.29 is 4.42 Å². The van der Waals surface area contributed by atoms with Crippen LogP contribution in [0.3, 0.4) is 0 Å². The molecule has 0 atom stereocenters. The van der Waals surface area contributed by atoms with E-state index in [-0.39, 0.29) is 5.63 Å². The highest BCUT2D eigenvalue weighted by atomic mass is 32.2. The third-order valence-electron chi connectivity index (χ3n) is 3.70. The van der Waals surface area contributed by atoms with Gasteiger partial charge in [0.05, 0.1) is 0 Å². The zero-order valence-electron chi connectivity index (χ0n) is 13.5. The summed E-state index contributed by atoms with van der Waals surface area (Å²) in [6.07, 6.45) is 0. The van der Waals surface area contributed by atoms with Crippen molar-refractivity contribution in [2.75, 3.05) is 0 Å². The van der Waals surface area contributed by atoms with Gasteiger partial charge in [0.15, 0.2) is 4.34 Å². The Morgan fingerprint density at radius 2 is 2.00 bits per heavy atom. The first-order valence-corrected chi connectivity index (χ1v) is 9.24. The van der Waals surface area contributed by atoms with Crippen LogP contribution in [0.1, 0.15) is 41.5 Å². The fourth-order valence-corrected chi connectivity index (χ4v) is 4.42. The lowest BCUT2D eigenvalue weighted by molar-refractivity contribution is 0.559. The second kappa shape index (κ2) is 6.45. The molecule has 2 aromatic heterocycles. The van der Waals surface area contributed by atoms with Crippen LogP contribution in [0.2, 0.25) is 0 Å². The van der Waals surface area contributed by atoms with Crippen molar-refractivity contribution in [1.82, 2.24) is 10.2 Å². The molecule has 6 heteroatoms. The number of thioether (sulfide) groups is 1. The molecule has 120 valence electrons. The Morgan fingerprint density at radius 3 is 2.65 bits per heavy atom. The molecule has 0 aliphatic heterocycles. The number of aromatic nitrogens is 2. The van der Waals surface area contributed by atoms with Crippen molar-refractivity contribution in [3.8, 4) is 0 Å². The van der Waals surface area contributed by atoms with Crippen LogP contribution in [0.4, 0.5) is 0 Å². The second-order valence-electron chi connectivity index (χ2n) is 5.83. The second-order valence-corrected chi connectivity index (χ2v) is 8.23. The topological polar surface area (TPSA) is 56.0 Å². The third kappa shape index (κ3) is 3.48. The molecule has 4 nitrogen and oxygen atoms in total. The highest BCUT2D eigenvalue weighted by Gasteiger charge is 2.12. The van der Waals surface area contributed by atoms with Gasteiger partial charge in [0.25, 0.3) is 0 Å². The van der Waals surface area contributed by atoms with Gasteiger partial charge in [0.1, 0.15) is 10.6 Å². The highest BCUT2D eigenvalue weighted by molar-refractivity contribution is 8.00. The first-order valence-electron chi connectivity index (χ1n) is 7.44. The largest absolute Gasteiger partial charge is 0.423 e. The molecule has 1 aromatic carbocycles. The molecule has 0 unspecified atom stereocenters. The van der Waals surface area contributed by atoms with Crippen molar-refractivity contribution in [3.63, 3.8) is 0 Å². The molecule has 0 bridgehead atoms. The molecule has 0 saturated carbocycles. The van der Waals surface area contributed by atoms with Gasteiger partial charge in [-0.1, -0.05) is 36.9 Å². The lowest BCUT2D eigenvalue weighted by atomic mass is 9.95. The van der Waals surface area contributed by atoms with Crippen molar-refractivity contribution in [1.29, 1.82) is 0 Å². The van der Waals surface area contributed by atoms with E-state index in [2.05, 4.69) is 37.0 Å². The zero-order valence-corrected chi connectivity index (χ0v) is 15.2. The molecule has 3 rings (SSSR count). The molecule has 0 spiro atoms. The fraction of sp³-hybridized carbons (Fsp3) is 0.353. The predicted molar refractivity (Wildman–Crippen MR) is 95.5 cm³/mol. The van der Waals surface area contributed by atoms with Crippen LogP contribution in [-0.2, 0) is 5.75 Å². The molecular formula is C17H18N2O2S2. The first-order chi connectivity index (χ1) is 10.9. The average molecular weight is 346 g/mol. The summed E-state index contributed by atoms with van der Waals surface area (Å²) >= 11 is 3.17. The van der Waals surface area contributed by atoms with Gasteiger partial charge in [-0.2, -0.15) is 0 Å². The minimum absolute atomic E-state index is 0.307. The van der Waals surface area contributed by atoms with Gasteiger partial charge in [-0.15, -0.1) is 10.2 Å². The Bertz CT molecular complexity index is 913. The molecule has 0 aliphatic rings. The van der Waals surface area contributed by atoms with Crippen molar-refractivity contribution in [2.24, 2.45) is 0 Å². The lowest BCUT2D eigenvalue weighted by Crippen LogP contribution is -2.02. The van der Waals surface area contributed by atoms with Crippen LogP contribution in [0.5, 0.6) is 0 Å². The predicted octanol–water partition coefficient (Wildman–Crippen LogP) is 4.68. The summed E-state index contributed by atoms with van der Waals surface area (Å²) in [5.41, 5.74) is 3.77. The smallest absolute Gasteiger partial charge is 0.336 e. The number of hydrogen-bond donors (Lipinski definition) is 0. The third-order valence-corrected chi connectivity index (χ3v) is 5.72. The minimum atomic E-state index is -0.307. The lowest BCUT2D eigenvalue weighted by Gasteiger charge is -2.12. The van der Waals surface area contributed by atoms with Gasteiger partial charge in [-0.25, -0.2) is 4.79 Å². The normalized spacial score (nSPS) is 11.5. The average Bonchev–Trinajstić information content (AvgIpc) is 2.89. The summed E-state index contributed by atoms with van der Waals surface area (Å²) in [6.45, 7) is 8.34. The molecule has 0 N–H and O–H groups in total. The molecule has 0 amide bonds. The number of hydrogen-bond acceptors (Lipinski definition) is 6. The molecule has 2 heterocycles. The molecule has 0 aliphatic carbocycles. The Kier molecular flexibility index (Phi) is 4.55. The van der Waals surface area contributed by atoms with E-state index in [0.717, 1.165) is 25.9 Å². The van der Waals surface area contributed by atoms with E-state index in [1.807, 2.05) is 13.0 Å². The summed E-state index contributed by atoms with van der Waals surface area (Å²) in [5.74, 6) is 1.11. The van der Waals surface area contributed by atoms with Gasteiger partial charge in [-0.3, -0.25) is 0 Å². The number of nitrogens with zero attached hydrogens (tertiary/aromatic N) is 2. The van der Waals surface area contributed by atoms with Crippen LogP contribution < -0.4 is 5.63 Å². The monoisotopic (exact) mass is 346 g/mol. The summed E-state index contributed by atoms with van der Waals surface area (Å²) < 4.78 is 6.30. The maximum absolute atomic E-state index is 11.8. The van der Waals surface area contributed by atoms with Gasteiger partial charge >= 0.3 is 5.63 Å². The van der Waals surface area contributed by atoms with E-state index >= 15 is 0 Å². The maximum atomic E-state index is 11.8. The quantitative estimate of drug-likeness (QED) is 0.507. The fourth-order valence-electron chi connectivity index (χ4n) is 2.61. The summed E-state index contributed by atoms with van der Waals surface area (Å²) in [5, 5.41) is 10.1. The van der Waals surface area contributed by atoms with E-state index < -0.39 is 0 Å². The first kappa shape index (κ1) is 16.2. The van der Waals surface area contributed by atoms with Gasteiger partial charge in [-0.05, 0) is 48.6 Å². The van der Waals surface area contributed by atoms with Crippen LogP contribution in [0, 0.1) is 13.8 Å². The number of benzene rings is 1. The zero-order chi connectivity index (χ0) is 16.6. The maximum Gasteiger partial charge on any atom is 0.336 e. The van der Waals surface area contributed by atoms with Crippen LogP contribution in [0.25, 0.3) is 11.0 Å². The highest BCUT2D eigenvalue weighted by Crippen LogP contribution is 2.31. The Labute approximate surface area is 142 Å². The summed E-state index contributed by atoms with van der Waals surface area (Å²) in [6, 6.07) is 5.71.